The molecule has 8 rings (SSSR count). The van der Waals surface area contributed by atoms with Crippen molar-refractivity contribution in [2.24, 2.45) is 0 Å². The lowest BCUT2D eigenvalue weighted by molar-refractivity contribution is -0.137. The number of hydrogen-bond donors (Lipinski definition) is 2. The first-order valence-electron chi connectivity index (χ1n) is 16.0. The summed E-state index contributed by atoms with van der Waals surface area (Å²) in [7, 11) is 0. The van der Waals surface area contributed by atoms with Gasteiger partial charge in [-0.25, -0.2) is 9.97 Å². The summed E-state index contributed by atoms with van der Waals surface area (Å²) in [5.74, 6) is 0. The van der Waals surface area contributed by atoms with Gasteiger partial charge in [-0.3, -0.25) is 18.8 Å². The fourth-order valence-electron chi connectivity index (χ4n) is 5.94. The predicted octanol–water partition coefficient (Wildman–Crippen LogP) is 9.64. The van der Waals surface area contributed by atoms with E-state index in [0.29, 0.717) is 33.8 Å². The summed E-state index contributed by atoms with van der Waals surface area (Å²) >= 11 is 0. The van der Waals surface area contributed by atoms with E-state index in [1.54, 1.807) is 64.3 Å². The second-order valence-corrected chi connectivity index (χ2v) is 12.1. The zero-order valence-electron chi connectivity index (χ0n) is 27.7. The minimum Gasteiger partial charge on any atom is -0.398 e. The van der Waals surface area contributed by atoms with E-state index in [1.165, 1.54) is 12.1 Å². The zero-order chi connectivity index (χ0) is 37.5. The third kappa shape index (κ3) is 7.11. The molecule has 14 heteroatoms. The number of nitrogens with zero attached hydrogens (tertiary/aromatic N) is 6. The van der Waals surface area contributed by atoms with Crippen LogP contribution in [-0.4, -0.2) is 28.7 Å². The normalized spacial score (nSPS) is 11.8. The maximum atomic E-state index is 13.1. The Morgan fingerprint density at radius 3 is 1.42 bits per heavy atom. The van der Waals surface area contributed by atoms with Crippen molar-refractivity contribution in [3.8, 4) is 44.8 Å². The van der Waals surface area contributed by atoms with Crippen LogP contribution in [0.1, 0.15) is 16.8 Å². The summed E-state index contributed by atoms with van der Waals surface area (Å²) in [6.45, 7) is 1.91. The number of hydrogen-bond acceptors (Lipinski definition) is 6. The third-order valence-corrected chi connectivity index (χ3v) is 8.58. The van der Waals surface area contributed by atoms with Crippen molar-refractivity contribution in [1.29, 1.82) is 0 Å². The van der Waals surface area contributed by atoms with Gasteiger partial charge < -0.3 is 11.5 Å². The van der Waals surface area contributed by atoms with Gasteiger partial charge in [0.1, 0.15) is 11.3 Å². The van der Waals surface area contributed by atoms with Crippen LogP contribution >= 0.6 is 0 Å². The standard InChI is InChI=1S/C20H15F3N4.C19H13F3N4/c1-12-8-13(4-6-25-12)14-5-7-27-18(11-26-19(27)10-14)15-2-3-17(24)16(9-15)20(21,22)23;20-19(21,22)15-9-14(1-2-16(15)23)17-11-25-18-10-13(5-8-26(17)18)12-3-6-24-7-4-12/h2-11H,24H2,1H3;1-11H,23H2. The summed E-state index contributed by atoms with van der Waals surface area (Å²) in [6, 6.07) is 22.9. The largest absolute Gasteiger partial charge is 0.418 e. The van der Waals surface area contributed by atoms with Crippen molar-refractivity contribution >= 4 is 22.7 Å². The van der Waals surface area contributed by atoms with Gasteiger partial charge in [0.15, 0.2) is 0 Å². The van der Waals surface area contributed by atoms with Crippen molar-refractivity contribution in [2.75, 3.05) is 11.5 Å². The van der Waals surface area contributed by atoms with Gasteiger partial charge >= 0.3 is 12.4 Å². The molecule has 0 bridgehead atoms. The summed E-state index contributed by atoms with van der Waals surface area (Å²) < 4.78 is 82.3. The summed E-state index contributed by atoms with van der Waals surface area (Å²) in [5.41, 5.74) is 16.7. The van der Waals surface area contributed by atoms with Gasteiger partial charge in [0.05, 0.1) is 34.9 Å². The molecule has 8 nitrogen and oxygen atoms in total. The number of alkyl halides is 6. The number of fused-ring (bicyclic) bond motifs is 2. The average Bonchev–Trinajstić information content (AvgIpc) is 3.76. The monoisotopic (exact) mass is 722 g/mol. The second-order valence-electron chi connectivity index (χ2n) is 12.1. The van der Waals surface area contributed by atoms with Crippen LogP contribution in [0.25, 0.3) is 56.1 Å². The average molecular weight is 723 g/mol. The number of aromatic nitrogens is 6. The molecule has 4 N–H and O–H groups in total. The highest BCUT2D eigenvalue weighted by atomic mass is 19.4. The number of pyridine rings is 4. The molecule has 0 radical (unpaired) electrons. The maximum Gasteiger partial charge on any atom is 0.418 e. The van der Waals surface area contributed by atoms with Crippen LogP contribution in [0.3, 0.4) is 0 Å². The molecule has 53 heavy (non-hydrogen) atoms. The van der Waals surface area contributed by atoms with E-state index >= 15 is 0 Å². The number of anilines is 2. The molecule has 8 aromatic rings. The zero-order valence-corrected chi connectivity index (χ0v) is 27.7. The van der Waals surface area contributed by atoms with E-state index in [4.69, 9.17) is 11.5 Å². The Balaban J connectivity index is 0.000000164. The Labute approximate surface area is 298 Å². The lowest BCUT2D eigenvalue weighted by atomic mass is 10.1. The van der Waals surface area contributed by atoms with E-state index in [0.717, 1.165) is 40.1 Å². The fourth-order valence-corrected chi connectivity index (χ4v) is 5.94. The number of nitrogen functional groups attached to an aromatic ring is 2. The van der Waals surface area contributed by atoms with Crippen molar-refractivity contribution in [3.05, 3.63) is 145 Å². The number of halogens is 6. The van der Waals surface area contributed by atoms with Gasteiger partial charge in [-0.1, -0.05) is 12.1 Å². The van der Waals surface area contributed by atoms with Crippen LogP contribution in [0.5, 0.6) is 0 Å². The molecule has 0 atom stereocenters. The Morgan fingerprint density at radius 2 is 0.943 bits per heavy atom. The van der Waals surface area contributed by atoms with Crippen LogP contribution in [0.15, 0.2) is 128 Å². The Kier molecular flexibility index (Phi) is 8.82. The SMILES string of the molecule is Cc1cc(-c2ccn3c(-c4ccc(N)c(C(F)(F)F)c4)cnc3c2)ccn1.Nc1ccc(-c2cnc3cc(-c4ccncc4)ccn23)cc1C(F)(F)F. The number of benzene rings is 2. The Bertz CT molecular complexity index is 2590. The van der Waals surface area contributed by atoms with Crippen molar-refractivity contribution in [2.45, 2.75) is 19.3 Å². The molecule has 0 unspecified atom stereocenters. The lowest BCUT2D eigenvalue weighted by Crippen LogP contribution is -2.09. The van der Waals surface area contributed by atoms with E-state index < -0.39 is 23.5 Å². The second kappa shape index (κ2) is 13.5. The van der Waals surface area contributed by atoms with Gasteiger partial charge in [-0.2, -0.15) is 26.3 Å². The molecular weight excluding hydrogens is 694 g/mol. The minimum atomic E-state index is -4.51. The lowest BCUT2D eigenvalue weighted by Gasteiger charge is -2.12. The number of aryl methyl sites for hydroxylation is 1. The summed E-state index contributed by atoms with van der Waals surface area (Å²) in [6.07, 6.45) is 2.82. The van der Waals surface area contributed by atoms with Crippen LogP contribution in [0.4, 0.5) is 37.7 Å². The molecule has 0 fully saturated rings. The quantitative estimate of drug-likeness (QED) is 0.138. The molecule has 6 heterocycles. The predicted molar refractivity (Wildman–Crippen MR) is 191 cm³/mol. The molecule has 0 saturated carbocycles. The highest BCUT2D eigenvalue weighted by Gasteiger charge is 2.34. The number of nitrogens with two attached hydrogens (primary N) is 2. The molecule has 0 amide bonds. The number of imidazole rings is 2. The van der Waals surface area contributed by atoms with E-state index in [-0.39, 0.29) is 11.4 Å². The van der Waals surface area contributed by atoms with E-state index in [2.05, 4.69) is 19.9 Å². The molecule has 0 aliphatic rings. The molecule has 266 valence electrons. The topological polar surface area (TPSA) is 112 Å². The van der Waals surface area contributed by atoms with Crippen LogP contribution in [-0.2, 0) is 12.4 Å². The molecule has 0 aliphatic heterocycles. The van der Waals surface area contributed by atoms with Crippen molar-refractivity contribution in [1.82, 2.24) is 28.7 Å². The Morgan fingerprint density at radius 1 is 0.491 bits per heavy atom. The molecule has 0 saturated heterocycles. The summed E-state index contributed by atoms with van der Waals surface area (Å²) in [5, 5.41) is 0. The molecule has 0 aliphatic carbocycles. The van der Waals surface area contributed by atoms with Gasteiger partial charge in [-0.15, -0.1) is 0 Å². The van der Waals surface area contributed by atoms with Crippen LogP contribution in [0.2, 0.25) is 0 Å². The molecule has 0 spiro atoms. The van der Waals surface area contributed by atoms with E-state index in [9.17, 15) is 26.3 Å². The Hall–Kier alpha value is -6.70. The van der Waals surface area contributed by atoms with Crippen molar-refractivity contribution < 1.29 is 26.3 Å². The van der Waals surface area contributed by atoms with Gasteiger partial charge in [0, 0.05) is 59.2 Å². The van der Waals surface area contributed by atoms with Crippen LogP contribution < -0.4 is 11.5 Å². The van der Waals surface area contributed by atoms with Crippen molar-refractivity contribution in [3.63, 3.8) is 0 Å². The fraction of sp³-hybridized carbons (Fsp3) is 0.0769. The minimum absolute atomic E-state index is 0.296. The van der Waals surface area contributed by atoms with Crippen LogP contribution in [0, 0.1) is 6.92 Å². The first-order chi connectivity index (χ1) is 25.3. The molecule has 6 aromatic heterocycles. The highest BCUT2D eigenvalue weighted by Crippen LogP contribution is 2.38. The van der Waals surface area contributed by atoms with E-state index in [1.807, 2.05) is 55.5 Å². The first-order valence-corrected chi connectivity index (χ1v) is 16.0. The smallest absolute Gasteiger partial charge is 0.398 e. The third-order valence-electron chi connectivity index (χ3n) is 8.58. The number of rotatable bonds is 4. The van der Waals surface area contributed by atoms with Gasteiger partial charge in [-0.05, 0) is 102 Å². The summed E-state index contributed by atoms with van der Waals surface area (Å²) in [4.78, 5) is 16.9. The molecule has 2 aromatic carbocycles. The van der Waals surface area contributed by atoms with Gasteiger partial charge in [0.25, 0.3) is 0 Å². The van der Waals surface area contributed by atoms with Gasteiger partial charge in [0.2, 0.25) is 0 Å². The maximum absolute atomic E-state index is 13.1. The first kappa shape index (κ1) is 34.7. The highest BCUT2D eigenvalue weighted by molar-refractivity contribution is 5.74. The molecular formula is C39H28F6N8.